The van der Waals surface area contributed by atoms with Crippen LogP contribution in [-0.4, -0.2) is 62.3 Å². The molecule has 0 amide bonds. The van der Waals surface area contributed by atoms with Gasteiger partial charge in [-0.25, -0.2) is 0 Å². The summed E-state index contributed by atoms with van der Waals surface area (Å²) in [6.07, 6.45) is 5.39. The average molecular weight is 325 g/mol. The molecular weight excluding hydrogens is 288 g/mol. The van der Waals surface area contributed by atoms with Gasteiger partial charge in [0.05, 0.1) is 12.6 Å². The van der Waals surface area contributed by atoms with E-state index in [1.165, 1.54) is 38.8 Å². The molecule has 1 saturated heterocycles. The summed E-state index contributed by atoms with van der Waals surface area (Å²) in [6.45, 7) is 12.7. The Morgan fingerprint density at radius 2 is 1.87 bits per heavy atom. The van der Waals surface area contributed by atoms with Gasteiger partial charge in [0.25, 0.3) is 0 Å². The van der Waals surface area contributed by atoms with Crippen molar-refractivity contribution in [3.05, 3.63) is 0 Å². The van der Waals surface area contributed by atoms with Crippen LogP contribution in [-0.2, 0) is 4.74 Å². The normalized spacial score (nSPS) is 22.9. The number of piperidine rings is 1. The highest BCUT2D eigenvalue weighted by molar-refractivity contribution is 5.80. The number of hydrogen-bond donors (Lipinski definition) is 2. The van der Waals surface area contributed by atoms with Gasteiger partial charge in [0.2, 0.25) is 0 Å². The van der Waals surface area contributed by atoms with E-state index in [-0.39, 0.29) is 11.5 Å². The van der Waals surface area contributed by atoms with Crippen molar-refractivity contribution in [1.82, 2.24) is 15.5 Å². The Kier molecular flexibility index (Phi) is 6.72. The Labute approximate surface area is 142 Å². The Bertz CT molecular complexity index is 379. The quantitative estimate of drug-likeness (QED) is 0.581. The van der Waals surface area contributed by atoms with Gasteiger partial charge in [-0.05, 0) is 38.0 Å². The number of ether oxygens (including phenoxy) is 1. The molecule has 0 spiro atoms. The third kappa shape index (κ3) is 5.96. The molecule has 0 radical (unpaired) electrons. The summed E-state index contributed by atoms with van der Waals surface area (Å²) in [7, 11) is 1.78. The summed E-state index contributed by atoms with van der Waals surface area (Å²) in [6, 6.07) is 1.44. The van der Waals surface area contributed by atoms with Gasteiger partial charge < -0.3 is 20.3 Å². The van der Waals surface area contributed by atoms with Crippen molar-refractivity contribution >= 4 is 5.96 Å². The van der Waals surface area contributed by atoms with Gasteiger partial charge in [0, 0.05) is 38.8 Å². The van der Waals surface area contributed by atoms with Crippen LogP contribution >= 0.6 is 0 Å². The molecule has 23 heavy (non-hydrogen) atoms. The summed E-state index contributed by atoms with van der Waals surface area (Å²) < 4.78 is 5.61. The zero-order valence-electron chi connectivity index (χ0n) is 15.7. The lowest BCUT2D eigenvalue weighted by Crippen LogP contribution is -2.49. The van der Waals surface area contributed by atoms with E-state index < -0.39 is 0 Å². The highest BCUT2D eigenvalue weighted by Crippen LogP contribution is 2.29. The zero-order valence-corrected chi connectivity index (χ0v) is 15.7. The molecule has 1 aliphatic heterocycles. The smallest absolute Gasteiger partial charge is 0.191 e. The standard InChI is InChI=1S/C18H36N4O/c1-6-19-17(20-13-16(23-5)18(2,3)4)21-14-9-11-22(12-10-14)15-7-8-15/h14-16H,6-13H2,1-5H3,(H2,19,20,21). The third-order valence-electron chi connectivity index (χ3n) is 4.94. The molecule has 1 saturated carbocycles. The van der Waals surface area contributed by atoms with E-state index in [0.717, 1.165) is 18.5 Å². The minimum atomic E-state index is 0.102. The van der Waals surface area contributed by atoms with Gasteiger partial charge in [-0.3, -0.25) is 4.99 Å². The summed E-state index contributed by atoms with van der Waals surface area (Å²) >= 11 is 0. The Balaban J connectivity index is 1.83. The molecule has 2 rings (SSSR count). The lowest BCUT2D eigenvalue weighted by Gasteiger charge is -2.33. The SMILES string of the molecule is CCNC(=NCC(OC)C(C)(C)C)NC1CCN(C2CC2)CC1. The molecule has 5 nitrogen and oxygen atoms in total. The predicted molar refractivity (Wildman–Crippen MR) is 97.0 cm³/mol. The fourth-order valence-electron chi connectivity index (χ4n) is 3.24. The molecule has 0 aromatic heterocycles. The van der Waals surface area contributed by atoms with Gasteiger partial charge in [-0.15, -0.1) is 0 Å². The van der Waals surface area contributed by atoms with Crippen molar-refractivity contribution in [3.63, 3.8) is 0 Å². The lowest BCUT2D eigenvalue weighted by atomic mass is 9.89. The van der Waals surface area contributed by atoms with Crippen LogP contribution in [0.25, 0.3) is 0 Å². The van der Waals surface area contributed by atoms with Crippen molar-refractivity contribution in [2.45, 2.75) is 71.6 Å². The zero-order chi connectivity index (χ0) is 16.9. The molecule has 1 unspecified atom stereocenters. The van der Waals surface area contributed by atoms with Gasteiger partial charge >= 0.3 is 0 Å². The van der Waals surface area contributed by atoms with Crippen molar-refractivity contribution in [1.29, 1.82) is 0 Å². The molecule has 0 aromatic carbocycles. The van der Waals surface area contributed by atoms with Crippen LogP contribution < -0.4 is 10.6 Å². The van der Waals surface area contributed by atoms with Gasteiger partial charge in [0.1, 0.15) is 0 Å². The first-order chi connectivity index (χ1) is 10.9. The molecule has 2 N–H and O–H groups in total. The maximum absolute atomic E-state index is 5.61. The van der Waals surface area contributed by atoms with Gasteiger partial charge in [-0.1, -0.05) is 20.8 Å². The van der Waals surface area contributed by atoms with Crippen LogP contribution in [0.5, 0.6) is 0 Å². The summed E-state index contributed by atoms with van der Waals surface area (Å²) in [5.41, 5.74) is 0.102. The van der Waals surface area contributed by atoms with Crippen LogP contribution in [0.1, 0.15) is 53.4 Å². The summed E-state index contributed by atoms with van der Waals surface area (Å²) in [4.78, 5) is 7.42. The maximum Gasteiger partial charge on any atom is 0.191 e. The van der Waals surface area contributed by atoms with E-state index in [4.69, 9.17) is 9.73 Å². The monoisotopic (exact) mass is 324 g/mol. The number of nitrogens with zero attached hydrogens (tertiary/aromatic N) is 2. The van der Waals surface area contributed by atoms with Gasteiger partial charge in [-0.2, -0.15) is 0 Å². The molecule has 1 atom stereocenters. The number of rotatable bonds is 6. The molecule has 2 fully saturated rings. The summed E-state index contributed by atoms with van der Waals surface area (Å²) in [5.74, 6) is 0.934. The number of hydrogen-bond acceptors (Lipinski definition) is 3. The number of nitrogens with one attached hydrogen (secondary N) is 2. The first-order valence-electron chi connectivity index (χ1n) is 9.25. The van der Waals surface area contributed by atoms with E-state index in [0.29, 0.717) is 12.6 Å². The minimum Gasteiger partial charge on any atom is -0.379 e. The van der Waals surface area contributed by atoms with E-state index in [2.05, 4.69) is 43.2 Å². The highest BCUT2D eigenvalue weighted by atomic mass is 16.5. The van der Waals surface area contributed by atoms with Crippen LogP contribution in [0.15, 0.2) is 4.99 Å². The lowest BCUT2D eigenvalue weighted by molar-refractivity contribution is 0.0241. The molecule has 0 aromatic rings. The number of guanidine groups is 1. The minimum absolute atomic E-state index is 0.102. The number of methoxy groups -OCH3 is 1. The highest BCUT2D eigenvalue weighted by Gasteiger charge is 2.32. The largest absolute Gasteiger partial charge is 0.379 e. The second-order valence-corrected chi connectivity index (χ2v) is 8.00. The van der Waals surface area contributed by atoms with Crippen LogP contribution in [0.2, 0.25) is 0 Å². The van der Waals surface area contributed by atoms with Gasteiger partial charge in [0.15, 0.2) is 5.96 Å². The van der Waals surface area contributed by atoms with Crippen LogP contribution in [0, 0.1) is 5.41 Å². The predicted octanol–water partition coefficient (Wildman–Crippen LogP) is 2.23. The number of likely N-dealkylation sites (tertiary alicyclic amines) is 1. The third-order valence-corrected chi connectivity index (χ3v) is 4.94. The Morgan fingerprint density at radius 3 is 2.35 bits per heavy atom. The van der Waals surface area contributed by atoms with Crippen molar-refractivity contribution in [2.75, 3.05) is 33.3 Å². The first kappa shape index (κ1) is 18.5. The van der Waals surface area contributed by atoms with Crippen molar-refractivity contribution in [3.8, 4) is 0 Å². The fourth-order valence-corrected chi connectivity index (χ4v) is 3.24. The molecule has 134 valence electrons. The first-order valence-corrected chi connectivity index (χ1v) is 9.25. The average Bonchev–Trinajstić information content (AvgIpc) is 3.32. The molecule has 1 aliphatic carbocycles. The maximum atomic E-state index is 5.61. The molecule has 5 heteroatoms. The Hall–Kier alpha value is -0.810. The molecule has 0 bridgehead atoms. The number of aliphatic imine (C=N–C) groups is 1. The molecule has 2 aliphatic rings. The van der Waals surface area contributed by atoms with Crippen molar-refractivity contribution < 1.29 is 4.74 Å². The summed E-state index contributed by atoms with van der Waals surface area (Å²) in [5, 5.41) is 7.00. The molecule has 1 heterocycles. The van der Waals surface area contributed by atoms with E-state index in [9.17, 15) is 0 Å². The van der Waals surface area contributed by atoms with Crippen LogP contribution in [0.4, 0.5) is 0 Å². The van der Waals surface area contributed by atoms with E-state index in [1.54, 1.807) is 7.11 Å². The van der Waals surface area contributed by atoms with E-state index in [1.807, 2.05) is 0 Å². The molecular formula is C18H36N4O. The van der Waals surface area contributed by atoms with Crippen LogP contribution in [0.3, 0.4) is 0 Å². The fraction of sp³-hybridized carbons (Fsp3) is 0.944. The topological polar surface area (TPSA) is 48.9 Å². The van der Waals surface area contributed by atoms with Crippen molar-refractivity contribution in [2.24, 2.45) is 10.4 Å². The second kappa shape index (κ2) is 8.34. The van der Waals surface area contributed by atoms with E-state index >= 15 is 0 Å². The second-order valence-electron chi connectivity index (χ2n) is 8.00. The Morgan fingerprint density at radius 1 is 1.22 bits per heavy atom.